The molecule has 1 aliphatic rings. The summed E-state index contributed by atoms with van der Waals surface area (Å²) in [6, 6.07) is 13.1. The molecule has 0 N–H and O–H groups in total. The summed E-state index contributed by atoms with van der Waals surface area (Å²) in [5.41, 5.74) is 7.77. The summed E-state index contributed by atoms with van der Waals surface area (Å²) in [5.74, 6) is 1.12. The van der Waals surface area contributed by atoms with E-state index in [1.54, 1.807) is 0 Å². The van der Waals surface area contributed by atoms with Crippen molar-refractivity contribution in [3.8, 4) is 11.1 Å². The van der Waals surface area contributed by atoms with E-state index >= 15 is 0 Å². The lowest BCUT2D eigenvalue weighted by atomic mass is 9.81. The SMILES string of the molecule is CC1(C)c2cc(CCl)ccc2-c2ccc(CCl)cc21. The first-order chi connectivity index (χ1) is 9.07. The predicted molar refractivity (Wildman–Crippen MR) is 83.1 cm³/mol. The lowest BCUT2D eigenvalue weighted by molar-refractivity contribution is 0.659. The van der Waals surface area contributed by atoms with Crippen LogP contribution in [-0.2, 0) is 17.2 Å². The molecular formula is C17H16Cl2. The second kappa shape index (κ2) is 4.54. The van der Waals surface area contributed by atoms with Crippen molar-refractivity contribution < 1.29 is 0 Å². The van der Waals surface area contributed by atoms with E-state index < -0.39 is 0 Å². The molecule has 2 heteroatoms. The predicted octanol–water partition coefficient (Wildman–Crippen LogP) is 5.47. The maximum absolute atomic E-state index is 5.96. The fourth-order valence-electron chi connectivity index (χ4n) is 3.00. The molecule has 0 spiro atoms. The van der Waals surface area contributed by atoms with Gasteiger partial charge in [0, 0.05) is 17.2 Å². The molecule has 2 aromatic rings. The highest BCUT2D eigenvalue weighted by Crippen LogP contribution is 2.49. The van der Waals surface area contributed by atoms with Crippen molar-refractivity contribution in [1.29, 1.82) is 0 Å². The molecular weight excluding hydrogens is 275 g/mol. The molecule has 3 rings (SSSR count). The van der Waals surface area contributed by atoms with Crippen LogP contribution in [0.1, 0.15) is 36.1 Å². The maximum atomic E-state index is 5.96. The number of fused-ring (bicyclic) bond motifs is 3. The van der Waals surface area contributed by atoms with Gasteiger partial charge in [0.05, 0.1) is 0 Å². The Morgan fingerprint density at radius 3 is 1.58 bits per heavy atom. The minimum Gasteiger partial charge on any atom is -0.122 e. The first-order valence-corrected chi connectivity index (χ1v) is 7.54. The Morgan fingerprint density at radius 2 is 1.21 bits per heavy atom. The Hall–Kier alpha value is -0.980. The molecule has 19 heavy (non-hydrogen) atoms. The van der Waals surface area contributed by atoms with Crippen LogP contribution in [0.25, 0.3) is 11.1 Å². The Labute approximate surface area is 124 Å². The van der Waals surface area contributed by atoms with Crippen LogP contribution >= 0.6 is 23.2 Å². The highest BCUT2D eigenvalue weighted by molar-refractivity contribution is 6.17. The molecule has 1 aliphatic carbocycles. The van der Waals surface area contributed by atoms with Crippen LogP contribution in [0.4, 0.5) is 0 Å². The molecule has 0 fully saturated rings. The summed E-state index contributed by atoms with van der Waals surface area (Å²) in [6.07, 6.45) is 0. The van der Waals surface area contributed by atoms with E-state index in [0.717, 1.165) is 0 Å². The van der Waals surface area contributed by atoms with Gasteiger partial charge in [0.2, 0.25) is 0 Å². The van der Waals surface area contributed by atoms with Gasteiger partial charge in [-0.1, -0.05) is 50.2 Å². The van der Waals surface area contributed by atoms with E-state index in [1.807, 2.05) is 0 Å². The van der Waals surface area contributed by atoms with Gasteiger partial charge in [-0.05, 0) is 33.4 Å². The van der Waals surface area contributed by atoms with Crippen LogP contribution < -0.4 is 0 Å². The monoisotopic (exact) mass is 290 g/mol. The minimum absolute atomic E-state index is 0.0226. The average Bonchev–Trinajstić information content (AvgIpc) is 2.67. The Kier molecular flexibility index (Phi) is 3.11. The van der Waals surface area contributed by atoms with Crippen molar-refractivity contribution in [2.75, 3.05) is 0 Å². The zero-order valence-electron chi connectivity index (χ0n) is 11.1. The lowest BCUT2D eigenvalue weighted by Gasteiger charge is -2.22. The molecule has 0 saturated carbocycles. The van der Waals surface area contributed by atoms with E-state index in [-0.39, 0.29) is 5.41 Å². The summed E-state index contributed by atoms with van der Waals surface area (Å²) in [6.45, 7) is 4.54. The largest absolute Gasteiger partial charge is 0.122 e. The first kappa shape index (κ1) is 13.0. The standard InChI is InChI=1S/C17H16Cl2/c1-17(2)15-7-11(9-18)3-5-13(15)14-6-4-12(10-19)8-16(14)17/h3-8H,9-10H2,1-2H3. The molecule has 0 heterocycles. The minimum atomic E-state index is 0.0226. The number of halogens is 2. The Bertz CT molecular complexity index is 586. The molecule has 0 bridgehead atoms. The quantitative estimate of drug-likeness (QED) is 0.643. The number of benzene rings is 2. The third kappa shape index (κ3) is 1.89. The Balaban J connectivity index is 2.26. The molecule has 0 atom stereocenters. The van der Waals surface area contributed by atoms with Crippen molar-refractivity contribution in [1.82, 2.24) is 0 Å². The number of hydrogen-bond donors (Lipinski definition) is 0. The van der Waals surface area contributed by atoms with Crippen molar-refractivity contribution in [3.05, 3.63) is 58.7 Å². The van der Waals surface area contributed by atoms with Crippen molar-refractivity contribution in [2.24, 2.45) is 0 Å². The molecule has 0 nitrogen and oxygen atoms in total. The molecule has 0 amide bonds. The number of hydrogen-bond acceptors (Lipinski definition) is 0. The highest BCUT2D eigenvalue weighted by Gasteiger charge is 2.35. The van der Waals surface area contributed by atoms with Crippen LogP contribution in [0.3, 0.4) is 0 Å². The van der Waals surface area contributed by atoms with Gasteiger partial charge in [0.1, 0.15) is 0 Å². The van der Waals surface area contributed by atoms with Gasteiger partial charge in [0.25, 0.3) is 0 Å². The van der Waals surface area contributed by atoms with E-state index in [0.29, 0.717) is 11.8 Å². The second-order valence-electron chi connectivity index (χ2n) is 5.65. The van der Waals surface area contributed by atoms with Gasteiger partial charge in [-0.3, -0.25) is 0 Å². The van der Waals surface area contributed by atoms with Crippen LogP contribution in [0, 0.1) is 0 Å². The van der Waals surface area contributed by atoms with E-state index in [4.69, 9.17) is 23.2 Å². The van der Waals surface area contributed by atoms with Crippen LogP contribution in [0.2, 0.25) is 0 Å². The van der Waals surface area contributed by atoms with Crippen molar-refractivity contribution >= 4 is 23.2 Å². The van der Waals surface area contributed by atoms with E-state index in [9.17, 15) is 0 Å². The molecule has 0 unspecified atom stereocenters. The topological polar surface area (TPSA) is 0 Å². The summed E-state index contributed by atoms with van der Waals surface area (Å²) >= 11 is 11.9. The number of rotatable bonds is 2. The zero-order chi connectivity index (χ0) is 13.6. The van der Waals surface area contributed by atoms with Gasteiger partial charge in [-0.25, -0.2) is 0 Å². The molecule has 0 radical (unpaired) electrons. The number of alkyl halides is 2. The van der Waals surface area contributed by atoms with Crippen LogP contribution in [-0.4, -0.2) is 0 Å². The fraction of sp³-hybridized carbons (Fsp3) is 0.294. The normalized spacial score (nSPS) is 15.2. The van der Waals surface area contributed by atoms with Gasteiger partial charge < -0.3 is 0 Å². The van der Waals surface area contributed by atoms with Gasteiger partial charge in [-0.15, -0.1) is 23.2 Å². The van der Waals surface area contributed by atoms with E-state index in [2.05, 4.69) is 50.2 Å². The third-order valence-electron chi connectivity index (χ3n) is 4.11. The zero-order valence-corrected chi connectivity index (χ0v) is 12.6. The first-order valence-electron chi connectivity index (χ1n) is 6.47. The summed E-state index contributed by atoms with van der Waals surface area (Å²) in [7, 11) is 0. The Morgan fingerprint density at radius 1 is 0.789 bits per heavy atom. The van der Waals surface area contributed by atoms with Crippen LogP contribution in [0.5, 0.6) is 0 Å². The maximum Gasteiger partial charge on any atom is 0.0474 e. The summed E-state index contributed by atoms with van der Waals surface area (Å²) in [4.78, 5) is 0. The molecule has 2 aromatic carbocycles. The summed E-state index contributed by atoms with van der Waals surface area (Å²) in [5, 5.41) is 0. The van der Waals surface area contributed by atoms with Crippen molar-refractivity contribution in [2.45, 2.75) is 31.0 Å². The lowest BCUT2D eigenvalue weighted by Crippen LogP contribution is -2.15. The molecule has 98 valence electrons. The third-order valence-corrected chi connectivity index (χ3v) is 4.73. The fourth-order valence-corrected chi connectivity index (χ4v) is 3.33. The van der Waals surface area contributed by atoms with Gasteiger partial charge in [0.15, 0.2) is 0 Å². The second-order valence-corrected chi connectivity index (χ2v) is 6.19. The average molecular weight is 291 g/mol. The molecule has 0 saturated heterocycles. The molecule has 0 aromatic heterocycles. The van der Waals surface area contributed by atoms with E-state index in [1.165, 1.54) is 33.4 Å². The smallest absolute Gasteiger partial charge is 0.0474 e. The van der Waals surface area contributed by atoms with Gasteiger partial charge in [-0.2, -0.15) is 0 Å². The molecule has 0 aliphatic heterocycles. The summed E-state index contributed by atoms with van der Waals surface area (Å²) < 4.78 is 0. The van der Waals surface area contributed by atoms with Gasteiger partial charge >= 0.3 is 0 Å². The van der Waals surface area contributed by atoms with Crippen LogP contribution in [0.15, 0.2) is 36.4 Å². The van der Waals surface area contributed by atoms with Crippen molar-refractivity contribution in [3.63, 3.8) is 0 Å². The highest BCUT2D eigenvalue weighted by atomic mass is 35.5.